The normalized spacial score (nSPS) is 12.4. The molecule has 0 aliphatic rings. The van der Waals surface area contributed by atoms with Gasteiger partial charge >= 0.3 is 0 Å². The highest BCUT2D eigenvalue weighted by Gasteiger charge is 2.09. The second-order valence-corrected chi connectivity index (χ2v) is 7.14. The molecule has 0 amide bonds. The summed E-state index contributed by atoms with van der Waals surface area (Å²) in [4.78, 5) is 4.47. The number of furan rings is 1. The summed E-state index contributed by atoms with van der Waals surface area (Å²) in [5, 5.41) is 16.8. The number of halogens is 2. The average molecular weight is 566 g/mol. The number of nitrogens with one attached hydrogen (secondary N) is 2. The molecule has 1 aromatic carbocycles. The molecule has 0 fully saturated rings. The number of aliphatic imine (C=N–C) groups is 1. The molecular weight excluding hydrogens is 537 g/mol. The van der Waals surface area contributed by atoms with Gasteiger partial charge in [-0.2, -0.15) is 0 Å². The molecule has 1 heterocycles. The molecule has 2 aromatic rings. The predicted molar refractivity (Wildman–Crippen MR) is 127 cm³/mol. The molecule has 0 spiro atoms. The zero-order valence-electron chi connectivity index (χ0n) is 16.4. The van der Waals surface area contributed by atoms with Crippen LogP contribution in [-0.2, 0) is 6.42 Å². The van der Waals surface area contributed by atoms with E-state index in [1.54, 1.807) is 0 Å². The number of nitrogens with zero attached hydrogens (tertiary/aromatic N) is 1. The van der Waals surface area contributed by atoms with Crippen LogP contribution in [-0.4, -0.2) is 36.8 Å². The van der Waals surface area contributed by atoms with Crippen LogP contribution in [0.5, 0.6) is 5.75 Å². The lowest BCUT2D eigenvalue weighted by atomic mass is 10.1. The molecule has 0 saturated carbocycles. The lowest BCUT2D eigenvalue weighted by Gasteiger charge is -2.14. The molecule has 0 aliphatic heterocycles. The monoisotopic (exact) mass is 565 g/mol. The van der Waals surface area contributed by atoms with Gasteiger partial charge in [0.2, 0.25) is 0 Å². The second-order valence-electron chi connectivity index (χ2n) is 6.35. The van der Waals surface area contributed by atoms with Crippen molar-refractivity contribution < 1.29 is 14.3 Å². The standard InChI is InChI=1S/C20H28BrN3O3.HI/c1-4-22-20(23-12-11-17-9-10-19(21)27-17)24-13-18(25)15-5-7-16(8-6-15)26-14(2)3;/h5-10,14,18,25H,4,11-13H2,1-3H3,(H2,22,23,24);1H. The third-order valence-corrected chi connectivity index (χ3v) is 4.12. The van der Waals surface area contributed by atoms with E-state index in [0.29, 0.717) is 12.5 Å². The summed E-state index contributed by atoms with van der Waals surface area (Å²) in [5.74, 6) is 2.36. The Morgan fingerprint density at radius 1 is 1.18 bits per heavy atom. The molecule has 0 bridgehead atoms. The molecule has 0 radical (unpaired) electrons. The van der Waals surface area contributed by atoms with E-state index in [0.717, 1.165) is 34.7 Å². The van der Waals surface area contributed by atoms with Gasteiger partial charge in [-0.15, -0.1) is 24.0 Å². The van der Waals surface area contributed by atoms with Crippen molar-refractivity contribution in [2.75, 3.05) is 19.6 Å². The largest absolute Gasteiger partial charge is 0.491 e. The van der Waals surface area contributed by atoms with Gasteiger partial charge in [-0.25, -0.2) is 0 Å². The number of hydrogen-bond acceptors (Lipinski definition) is 4. The number of aliphatic hydroxyl groups excluding tert-OH is 1. The molecule has 1 atom stereocenters. The van der Waals surface area contributed by atoms with Crippen molar-refractivity contribution in [3.05, 3.63) is 52.4 Å². The third kappa shape index (κ3) is 8.83. The van der Waals surface area contributed by atoms with Gasteiger partial charge in [0.15, 0.2) is 10.6 Å². The summed E-state index contributed by atoms with van der Waals surface area (Å²) in [6, 6.07) is 11.3. The number of ether oxygens (including phenoxy) is 1. The molecule has 2 rings (SSSR count). The fourth-order valence-electron chi connectivity index (χ4n) is 2.46. The fourth-order valence-corrected chi connectivity index (χ4v) is 2.80. The maximum atomic E-state index is 10.4. The molecule has 3 N–H and O–H groups in total. The minimum atomic E-state index is -0.672. The van der Waals surface area contributed by atoms with Crippen molar-refractivity contribution in [1.29, 1.82) is 0 Å². The number of rotatable bonds is 9. The van der Waals surface area contributed by atoms with Crippen LogP contribution < -0.4 is 15.4 Å². The van der Waals surface area contributed by atoms with E-state index in [1.807, 2.05) is 57.2 Å². The van der Waals surface area contributed by atoms with Crippen molar-refractivity contribution in [1.82, 2.24) is 10.6 Å². The molecular formula is C20H29BrIN3O3. The number of hydrogen-bond donors (Lipinski definition) is 3. The highest BCUT2D eigenvalue weighted by atomic mass is 127. The van der Waals surface area contributed by atoms with E-state index >= 15 is 0 Å². The number of aliphatic hydroxyl groups is 1. The topological polar surface area (TPSA) is 79.0 Å². The van der Waals surface area contributed by atoms with E-state index in [1.165, 1.54) is 0 Å². The predicted octanol–water partition coefficient (Wildman–Crippen LogP) is 4.28. The van der Waals surface area contributed by atoms with Crippen LogP contribution in [0.15, 0.2) is 50.5 Å². The number of guanidine groups is 1. The van der Waals surface area contributed by atoms with Crippen molar-refractivity contribution in [2.24, 2.45) is 4.99 Å². The highest BCUT2D eigenvalue weighted by Crippen LogP contribution is 2.19. The third-order valence-electron chi connectivity index (χ3n) is 3.70. The van der Waals surface area contributed by atoms with Crippen molar-refractivity contribution in [2.45, 2.75) is 39.4 Å². The first-order chi connectivity index (χ1) is 13.0. The lowest BCUT2D eigenvalue weighted by molar-refractivity contribution is 0.186. The zero-order valence-corrected chi connectivity index (χ0v) is 20.4. The van der Waals surface area contributed by atoms with Crippen LogP contribution in [0.2, 0.25) is 0 Å². The fraction of sp³-hybridized carbons (Fsp3) is 0.450. The molecule has 28 heavy (non-hydrogen) atoms. The SMILES string of the molecule is CCNC(=NCC(O)c1ccc(OC(C)C)cc1)NCCc1ccc(Br)o1.I. The lowest BCUT2D eigenvalue weighted by Crippen LogP contribution is -2.38. The summed E-state index contributed by atoms with van der Waals surface area (Å²) in [5.41, 5.74) is 0.811. The van der Waals surface area contributed by atoms with Crippen molar-refractivity contribution >= 4 is 45.9 Å². The first kappa shape index (κ1) is 24.8. The highest BCUT2D eigenvalue weighted by molar-refractivity contribution is 14.0. The molecule has 1 unspecified atom stereocenters. The van der Waals surface area contributed by atoms with Gasteiger partial charge in [-0.05, 0) is 66.5 Å². The summed E-state index contributed by atoms with van der Waals surface area (Å²) < 4.78 is 11.8. The molecule has 0 aliphatic carbocycles. The van der Waals surface area contributed by atoms with Gasteiger partial charge < -0.3 is 24.9 Å². The quantitative estimate of drug-likeness (QED) is 0.240. The van der Waals surface area contributed by atoms with Gasteiger partial charge in [0.25, 0.3) is 0 Å². The zero-order chi connectivity index (χ0) is 19.6. The van der Waals surface area contributed by atoms with E-state index in [9.17, 15) is 5.11 Å². The summed E-state index contributed by atoms with van der Waals surface area (Å²) in [7, 11) is 0. The summed E-state index contributed by atoms with van der Waals surface area (Å²) >= 11 is 3.30. The van der Waals surface area contributed by atoms with Crippen LogP contribution >= 0.6 is 39.9 Å². The minimum Gasteiger partial charge on any atom is -0.491 e. The summed E-state index contributed by atoms with van der Waals surface area (Å²) in [6.07, 6.45) is 0.201. The summed E-state index contributed by atoms with van der Waals surface area (Å²) in [6.45, 7) is 7.67. The minimum absolute atomic E-state index is 0. The Balaban J connectivity index is 0.00000392. The smallest absolute Gasteiger partial charge is 0.191 e. The Labute approximate surface area is 192 Å². The van der Waals surface area contributed by atoms with Gasteiger partial charge in [0, 0.05) is 19.5 Å². The first-order valence-corrected chi connectivity index (χ1v) is 9.98. The van der Waals surface area contributed by atoms with E-state index in [-0.39, 0.29) is 36.6 Å². The van der Waals surface area contributed by atoms with Gasteiger partial charge in [-0.3, -0.25) is 4.99 Å². The van der Waals surface area contributed by atoms with E-state index in [4.69, 9.17) is 9.15 Å². The first-order valence-electron chi connectivity index (χ1n) is 9.19. The Hall–Kier alpha value is -1.26. The van der Waals surface area contributed by atoms with Crippen LogP contribution in [0, 0.1) is 0 Å². The van der Waals surface area contributed by atoms with Crippen LogP contribution in [0.25, 0.3) is 0 Å². The van der Waals surface area contributed by atoms with Gasteiger partial charge in [0.1, 0.15) is 11.5 Å². The Kier molecular flexibility index (Phi) is 11.6. The average Bonchev–Trinajstić information content (AvgIpc) is 3.04. The maximum Gasteiger partial charge on any atom is 0.191 e. The van der Waals surface area contributed by atoms with Gasteiger partial charge in [0.05, 0.1) is 18.8 Å². The van der Waals surface area contributed by atoms with E-state index in [2.05, 4.69) is 31.6 Å². The Bertz CT molecular complexity index is 720. The molecule has 8 heteroatoms. The number of benzene rings is 1. The van der Waals surface area contributed by atoms with Crippen molar-refractivity contribution in [3.8, 4) is 5.75 Å². The second kappa shape index (κ2) is 13.1. The van der Waals surface area contributed by atoms with Crippen LogP contribution in [0.4, 0.5) is 0 Å². The van der Waals surface area contributed by atoms with Crippen LogP contribution in [0.1, 0.15) is 38.2 Å². The Morgan fingerprint density at radius 3 is 2.46 bits per heavy atom. The van der Waals surface area contributed by atoms with E-state index < -0.39 is 6.10 Å². The molecule has 156 valence electrons. The molecule has 1 aromatic heterocycles. The Morgan fingerprint density at radius 2 is 1.89 bits per heavy atom. The maximum absolute atomic E-state index is 10.4. The molecule has 6 nitrogen and oxygen atoms in total. The van der Waals surface area contributed by atoms with Crippen LogP contribution in [0.3, 0.4) is 0 Å². The van der Waals surface area contributed by atoms with Gasteiger partial charge in [-0.1, -0.05) is 12.1 Å². The van der Waals surface area contributed by atoms with Crippen molar-refractivity contribution in [3.63, 3.8) is 0 Å². The molecule has 0 saturated heterocycles.